The maximum Gasteiger partial charge on any atom is 0.218 e. The van der Waals surface area contributed by atoms with Gasteiger partial charge in [-0.05, 0) is 20.8 Å². The quantitative estimate of drug-likeness (QED) is 0.792. The highest BCUT2D eigenvalue weighted by Gasteiger charge is 2.08. The standard InChI is InChI=1S/C10H17N3OS/c1-6(4-10(11)14)12-5-9-7(2)13-8(3)15-9/h6,12H,4-5H2,1-3H3,(H2,11,14). The lowest BCUT2D eigenvalue weighted by Crippen LogP contribution is -2.30. The molecule has 5 heteroatoms. The predicted octanol–water partition coefficient (Wildman–Crippen LogP) is 1.11. The fraction of sp³-hybridized carbons (Fsp3) is 0.600. The van der Waals surface area contributed by atoms with Crippen LogP contribution < -0.4 is 11.1 Å². The third kappa shape index (κ3) is 3.97. The van der Waals surface area contributed by atoms with Crippen LogP contribution in [-0.4, -0.2) is 16.9 Å². The Bertz CT molecular complexity index is 348. The number of aryl methyl sites for hydroxylation is 2. The van der Waals surface area contributed by atoms with Gasteiger partial charge in [0.15, 0.2) is 0 Å². The van der Waals surface area contributed by atoms with Crippen LogP contribution in [0.25, 0.3) is 0 Å². The third-order valence-corrected chi connectivity index (χ3v) is 3.19. The lowest BCUT2D eigenvalue weighted by Gasteiger charge is -2.10. The van der Waals surface area contributed by atoms with E-state index < -0.39 is 0 Å². The van der Waals surface area contributed by atoms with Crippen molar-refractivity contribution in [3.63, 3.8) is 0 Å². The molecule has 0 fully saturated rings. The van der Waals surface area contributed by atoms with E-state index in [9.17, 15) is 4.79 Å². The molecular formula is C10H17N3OS. The SMILES string of the molecule is Cc1nc(C)c(CNC(C)CC(N)=O)s1. The second kappa shape index (κ2) is 5.23. The van der Waals surface area contributed by atoms with Crippen LogP contribution in [0, 0.1) is 13.8 Å². The number of amides is 1. The van der Waals surface area contributed by atoms with Crippen LogP contribution in [0.3, 0.4) is 0 Å². The van der Waals surface area contributed by atoms with Crippen molar-refractivity contribution in [1.82, 2.24) is 10.3 Å². The Kier molecular flexibility index (Phi) is 4.23. The zero-order chi connectivity index (χ0) is 11.4. The molecule has 0 bridgehead atoms. The number of hydrogen-bond acceptors (Lipinski definition) is 4. The van der Waals surface area contributed by atoms with E-state index in [-0.39, 0.29) is 11.9 Å². The fourth-order valence-corrected chi connectivity index (χ4v) is 2.27. The summed E-state index contributed by atoms with van der Waals surface area (Å²) in [6.07, 6.45) is 0.372. The third-order valence-electron chi connectivity index (χ3n) is 2.12. The molecule has 3 N–H and O–H groups in total. The summed E-state index contributed by atoms with van der Waals surface area (Å²) in [6.45, 7) is 6.70. The second-order valence-corrected chi connectivity index (χ2v) is 4.98. The van der Waals surface area contributed by atoms with Gasteiger partial charge in [-0.3, -0.25) is 4.79 Å². The van der Waals surface area contributed by atoms with Crippen molar-refractivity contribution in [3.05, 3.63) is 15.6 Å². The lowest BCUT2D eigenvalue weighted by molar-refractivity contribution is -0.118. The van der Waals surface area contributed by atoms with Crippen molar-refractivity contribution in [2.45, 2.75) is 39.8 Å². The molecule has 1 rings (SSSR count). The van der Waals surface area contributed by atoms with E-state index in [2.05, 4.69) is 10.3 Å². The first-order chi connectivity index (χ1) is 6.99. The van der Waals surface area contributed by atoms with Gasteiger partial charge >= 0.3 is 0 Å². The maximum atomic E-state index is 10.7. The minimum Gasteiger partial charge on any atom is -0.370 e. The van der Waals surface area contributed by atoms with Crippen molar-refractivity contribution < 1.29 is 4.79 Å². The number of nitrogens with two attached hydrogens (primary N) is 1. The Hall–Kier alpha value is -0.940. The van der Waals surface area contributed by atoms with E-state index in [1.807, 2.05) is 20.8 Å². The zero-order valence-electron chi connectivity index (χ0n) is 9.33. The number of carbonyl (C=O) groups excluding carboxylic acids is 1. The van der Waals surface area contributed by atoms with E-state index in [0.717, 1.165) is 17.2 Å². The monoisotopic (exact) mass is 227 g/mol. The molecule has 1 amide bonds. The molecule has 0 aromatic carbocycles. The first-order valence-electron chi connectivity index (χ1n) is 4.93. The molecule has 84 valence electrons. The molecule has 0 saturated carbocycles. The topological polar surface area (TPSA) is 68.0 Å². The van der Waals surface area contributed by atoms with E-state index in [1.165, 1.54) is 4.88 Å². The van der Waals surface area contributed by atoms with Gasteiger partial charge in [0, 0.05) is 23.9 Å². The molecule has 1 aromatic heterocycles. The number of rotatable bonds is 5. The molecule has 0 radical (unpaired) electrons. The maximum absolute atomic E-state index is 10.7. The summed E-state index contributed by atoms with van der Waals surface area (Å²) in [6, 6.07) is 0.115. The lowest BCUT2D eigenvalue weighted by atomic mass is 10.2. The summed E-state index contributed by atoms with van der Waals surface area (Å²) in [5.41, 5.74) is 6.17. The largest absolute Gasteiger partial charge is 0.370 e. The van der Waals surface area contributed by atoms with Crippen LogP contribution in [0.2, 0.25) is 0 Å². The van der Waals surface area contributed by atoms with Gasteiger partial charge in [-0.15, -0.1) is 11.3 Å². The number of hydrogen-bond donors (Lipinski definition) is 2. The van der Waals surface area contributed by atoms with Gasteiger partial charge in [0.05, 0.1) is 10.7 Å². The minimum absolute atomic E-state index is 0.115. The van der Waals surface area contributed by atoms with Crippen LogP contribution in [0.4, 0.5) is 0 Å². The number of primary amides is 1. The van der Waals surface area contributed by atoms with Crippen molar-refractivity contribution in [2.24, 2.45) is 5.73 Å². The Morgan fingerprint density at radius 3 is 2.73 bits per heavy atom. The molecule has 0 aliphatic carbocycles. The smallest absolute Gasteiger partial charge is 0.218 e. The number of nitrogens with zero attached hydrogens (tertiary/aromatic N) is 1. The molecular weight excluding hydrogens is 210 g/mol. The van der Waals surface area contributed by atoms with Crippen molar-refractivity contribution in [2.75, 3.05) is 0 Å². The minimum atomic E-state index is -0.271. The van der Waals surface area contributed by atoms with E-state index in [1.54, 1.807) is 11.3 Å². The first-order valence-corrected chi connectivity index (χ1v) is 5.75. The second-order valence-electron chi connectivity index (χ2n) is 3.69. The highest BCUT2D eigenvalue weighted by molar-refractivity contribution is 7.11. The van der Waals surface area contributed by atoms with Gasteiger partial charge in [0.1, 0.15) is 0 Å². The molecule has 15 heavy (non-hydrogen) atoms. The van der Waals surface area contributed by atoms with Crippen LogP contribution in [0.5, 0.6) is 0 Å². The molecule has 0 aliphatic rings. The van der Waals surface area contributed by atoms with Crippen molar-refractivity contribution >= 4 is 17.2 Å². The molecule has 1 atom stereocenters. The molecule has 0 aliphatic heterocycles. The Morgan fingerprint density at radius 2 is 2.27 bits per heavy atom. The van der Waals surface area contributed by atoms with Crippen LogP contribution >= 0.6 is 11.3 Å². The average molecular weight is 227 g/mol. The van der Waals surface area contributed by atoms with E-state index in [0.29, 0.717) is 6.42 Å². The van der Waals surface area contributed by atoms with Gasteiger partial charge in [-0.25, -0.2) is 4.98 Å². The molecule has 4 nitrogen and oxygen atoms in total. The summed E-state index contributed by atoms with van der Waals surface area (Å²) >= 11 is 1.69. The van der Waals surface area contributed by atoms with E-state index >= 15 is 0 Å². The van der Waals surface area contributed by atoms with Crippen LogP contribution in [-0.2, 0) is 11.3 Å². The van der Waals surface area contributed by atoms with Gasteiger partial charge in [-0.1, -0.05) is 0 Å². The zero-order valence-corrected chi connectivity index (χ0v) is 10.1. The summed E-state index contributed by atoms with van der Waals surface area (Å²) in [4.78, 5) is 16.2. The number of thiazole rings is 1. The van der Waals surface area contributed by atoms with Gasteiger partial charge in [0.2, 0.25) is 5.91 Å². The van der Waals surface area contributed by atoms with Crippen molar-refractivity contribution in [1.29, 1.82) is 0 Å². The summed E-state index contributed by atoms with van der Waals surface area (Å²) in [5.74, 6) is -0.271. The molecule has 1 heterocycles. The molecule has 0 saturated heterocycles. The number of nitrogens with one attached hydrogen (secondary N) is 1. The number of carbonyl (C=O) groups is 1. The van der Waals surface area contributed by atoms with Crippen molar-refractivity contribution in [3.8, 4) is 0 Å². The number of aromatic nitrogens is 1. The molecule has 1 aromatic rings. The summed E-state index contributed by atoms with van der Waals surface area (Å²) in [5, 5.41) is 4.33. The van der Waals surface area contributed by atoms with Gasteiger partial charge in [0.25, 0.3) is 0 Å². The highest BCUT2D eigenvalue weighted by Crippen LogP contribution is 2.16. The van der Waals surface area contributed by atoms with Crippen LogP contribution in [0.15, 0.2) is 0 Å². The fourth-order valence-electron chi connectivity index (χ4n) is 1.38. The summed E-state index contributed by atoms with van der Waals surface area (Å²) in [7, 11) is 0. The average Bonchev–Trinajstić information content (AvgIpc) is 2.40. The Labute approximate surface area is 93.9 Å². The highest BCUT2D eigenvalue weighted by atomic mass is 32.1. The molecule has 0 spiro atoms. The summed E-state index contributed by atoms with van der Waals surface area (Å²) < 4.78 is 0. The van der Waals surface area contributed by atoms with E-state index in [4.69, 9.17) is 5.73 Å². The molecule has 1 unspecified atom stereocenters. The van der Waals surface area contributed by atoms with Gasteiger partial charge < -0.3 is 11.1 Å². The first kappa shape index (κ1) is 12.1. The van der Waals surface area contributed by atoms with Gasteiger partial charge in [-0.2, -0.15) is 0 Å². The normalized spacial score (nSPS) is 12.7. The van der Waals surface area contributed by atoms with Crippen LogP contribution in [0.1, 0.15) is 28.9 Å². The predicted molar refractivity (Wildman–Crippen MR) is 61.7 cm³/mol. The Balaban J connectivity index is 2.43. The Morgan fingerprint density at radius 1 is 1.60 bits per heavy atom.